The van der Waals surface area contributed by atoms with E-state index in [1.807, 2.05) is 0 Å². The number of hydrogen-bond acceptors (Lipinski definition) is 1. The van der Waals surface area contributed by atoms with Crippen molar-refractivity contribution in [3.63, 3.8) is 0 Å². The summed E-state index contributed by atoms with van der Waals surface area (Å²) in [5, 5.41) is 8.02. The van der Waals surface area contributed by atoms with E-state index >= 15 is 0 Å². The predicted molar refractivity (Wildman–Crippen MR) is 34.0 cm³/mol. The van der Waals surface area contributed by atoms with Crippen LogP contribution in [0.3, 0.4) is 0 Å². The van der Waals surface area contributed by atoms with Crippen LogP contribution in [-0.4, -0.2) is 29.9 Å². The van der Waals surface area contributed by atoms with Gasteiger partial charge in [0.1, 0.15) is 0 Å². The molecule has 0 fully saturated rings. The maximum absolute atomic E-state index is 9.73. The summed E-state index contributed by atoms with van der Waals surface area (Å²) >= 11 is 0. The second-order valence-electron chi connectivity index (χ2n) is 1.35. The van der Waals surface area contributed by atoms with E-state index < -0.39 is 5.97 Å². The van der Waals surface area contributed by atoms with Crippen LogP contribution in [0.2, 0.25) is 0 Å². The molecule has 0 aliphatic rings. The summed E-state index contributed by atoms with van der Waals surface area (Å²) in [6.45, 7) is 3.49. The van der Waals surface area contributed by atoms with Crippen molar-refractivity contribution in [3.05, 3.63) is 6.92 Å². The Labute approximate surface area is 61.5 Å². The van der Waals surface area contributed by atoms with Gasteiger partial charge in [0.2, 0.25) is 0 Å². The number of unbranched alkanes of at least 4 members (excludes halogenated alkanes) is 1. The molecule has 1 radical (unpaired) electrons. The number of carboxylic acids is 1. The van der Waals surface area contributed by atoms with Gasteiger partial charge in [-0.2, -0.15) is 0 Å². The molecule has 0 saturated carbocycles. The van der Waals surface area contributed by atoms with E-state index in [-0.39, 0.29) is 25.3 Å². The number of aliphatic carboxylic acids is 1. The zero-order valence-corrected chi connectivity index (χ0v) is 4.18. The summed E-state index contributed by atoms with van der Waals surface area (Å²) in [6.07, 6.45) is 1.66. The van der Waals surface area contributed by atoms with E-state index in [1.165, 1.54) is 0 Å². The molecule has 0 bridgehead atoms. The van der Waals surface area contributed by atoms with Crippen LogP contribution in [0.15, 0.2) is 0 Å². The summed E-state index contributed by atoms with van der Waals surface area (Å²) in [6, 6.07) is 0. The minimum absolute atomic E-state index is 0. The Bertz CT molecular complexity index is 63.4. The number of hydrogen-bond donors (Lipinski definition) is 1. The van der Waals surface area contributed by atoms with Gasteiger partial charge in [-0.15, -0.1) is 0 Å². The Balaban J connectivity index is 0. The van der Waals surface area contributed by atoms with Gasteiger partial charge in [0.05, 0.1) is 0 Å². The molecule has 43 valence electrons. The Morgan fingerprint density at radius 1 is 1.62 bits per heavy atom. The van der Waals surface area contributed by atoms with Gasteiger partial charge in [-0.1, -0.05) is 13.3 Å². The summed E-state index contributed by atoms with van der Waals surface area (Å²) in [4.78, 5) is 9.73. The van der Waals surface area contributed by atoms with Gasteiger partial charge in [-0.25, -0.2) is 0 Å². The molecule has 0 aromatic rings. The molecule has 2 nitrogen and oxygen atoms in total. The average Bonchev–Trinajstić information content (AvgIpc) is 1.61. The van der Waals surface area contributed by atoms with Crippen LogP contribution in [0.1, 0.15) is 19.3 Å². The van der Waals surface area contributed by atoms with Gasteiger partial charge < -0.3 is 5.11 Å². The first-order chi connectivity index (χ1) is 3.27. The summed E-state index contributed by atoms with van der Waals surface area (Å²) in [5.41, 5.74) is 0. The van der Waals surface area contributed by atoms with Crippen molar-refractivity contribution in [2.75, 3.05) is 0 Å². The normalized spacial score (nSPS) is 7.62. The molecule has 0 aromatic heterocycles. The molecule has 0 aliphatic carbocycles. The van der Waals surface area contributed by atoms with Crippen molar-refractivity contribution in [1.29, 1.82) is 0 Å². The second-order valence-corrected chi connectivity index (χ2v) is 1.35. The van der Waals surface area contributed by atoms with Crippen LogP contribution in [-0.2, 0) is 4.79 Å². The SMILES string of the molecule is [CH2]CCCC(=O)O.[LiH]. The quantitative estimate of drug-likeness (QED) is 0.533. The maximum atomic E-state index is 9.73. The van der Waals surface area contributed by atoms with Gasteiger partial charge in [0.25, 0.3) is 0 Å². The Hall–Kier alpha value is 0.0674. The van der Waals surface area contributed by atoms with Crippen LogP contribution in [0, 0.1) is 6.92 Å². The Morgan fingerprint density at radius 2 is 2.12 bits per heavy atom. The van der Waals surface area contributed by atoms with E-state index in [0.717, 1.165) is 0 Å². The van der Waals surface area contributed by atoms with Gasteiger partial charge in [0.15, 0.2) is 0 Å². The topological polar surface area (TPSA) is 37.3 Å². The summed E-state index contributed by atoms with van der Waals surface area (Å²) in [5.74, 6) is -0.733. The first kappa shape index (κ1) is 10.9. The van der Waals surface area contributed by atoms with Crippen molar-refractivity contribution in [1.82, 2.24) is 0 Å². The van der Waals surface area contributed by atoms with Gasteiger partial charge in [0, 0.05) is 6.42 Å². The number of carbonyl (C=O) groups is 1. The van der Waals surface area contributed by atoms with Crippen molar-refractivity contribution < 1.29 is 9.90 Å². The molecule has 8 heavy (non-hydrogen) atoms. The van der Waals surface area contributed by atoms with E-state index in [1.54, 1.807) is 0 Å². The van der Waals surface area contributed by atoms with Gasteiger partial charge in [-0.05, 0) is 6.42 Å². The third kappa shape index (κ3) is 9.42. The fourth-order valence-electron chi connectivity index (χ4n) is 0.276. The van der Waals surface area contributed by atoms with Crippen molar-refractivity contribution in [2.24, 2.45) is 0 Å². The molecule has 0 aliphatic heterocycles. The third-order valence-electron chi connectivity index (χ3n) is 0.641. The fraction of sp³-hybridized carbons (Fsp3) is 0.600. The molecule has 0 rings (SSSR count). The van der Waals surface area contributed by atoms with Crippen LogP contribution < -0.4 is 0 Å². The van der Waals surface area contributed by atoms with Gasteiger partial charge >= 0.3 is 24.8 Å². The van der Waals surface area contributed by atoms with Crippen LogP contribution in [0.5, 0.6) is 0 Å². The summed E-state index contributed by atoms with van der Waals surface area (Å²) < 4.78 is 0. The number of rotatable bonds is 3. The number of carboxylic acid groups (broad SMARTS) is 1. The zero-order chi connectivity index (χ0) is 5.70. The summed E-state index contributed by atoms with van der Waals surface area (Å²) in [7, 11) is 0. The molecule has 0 atom stereocenters. The van der Waals surface area contributed by atoms with E-state index in [0.29, 0.717) is 12.8 Å². The minimum atomic E-state index is -0.733. The molecule has 3 heteroatoms. The molecule has 0 saturated heterocycles. The standard InChI is InChI=1S/C5H9O2.Li.H/c1-2-3-4-5(6)7;;/h1-4H2,(H,6,7);;. The molecule has 1 N–H and O–H groups in total. The van der Waals surface area contributed by atoms with Crippen molar-refractivity contribution >= 4 is 24.8 Å². The van der Waals surface area contributed by atoms with Crippen molar-refractivity contribution in [3.8, 4) is 0 Å². The second kappa shape index (κ2) is 7.07. The molecular formula is C5H10LiO2. The predicted octanol–water partition coefficient (Wildman–Crippen LogP) is 0.427. The van der Waals surface area contributed by atoms with Crippen LogP contribution in [0.4, 0.5) is 0 Å². The van der Waals surface area contributed by atoms with E-state index in [2.05, 4.69) is 6.92 Å². The average molecular weight is 109 g/mol. The van der Waals surface area contributed by atoms with Gasteiger partial charge in [-0.3, -0.25) is 4.79 Å². The van der Waals surface area contributed by atoms with E-state index in [9.17, 15) is 4.79 Å². The third-order valence-corrected chi connectivity index (χ3v) is 0.641. The van der Waals surface area contributed by atoms with Crippen LogP contribution >= 0.6 is 0 Å². The molecule has 0 aromatic carbocycles. The Morgan fingerprint density at radius 3 is 2.25 bits per heavy atom. The first-order valence-electron chi connectivity index (χ1n) is 2.28. The first-order valence-corrected chi connectivity index (χ1v) is 2.28. The zero-order valence-electron chi connectivity index (χ0n) is 4.18. The van der Waals surface area contributed by atoms with Crippen LogP contribution in [0.25, 0.3) is 0 Å². The molecule has 0 unspecified atom stereocenters. The molecule has 0 spiro atoms. The molecular weight excluding hydrogens is 99.0 g/mol. The fourth-order valence-corrected chi connectivity index (χ4v) is 0.276. The molecule has 0 heterocycles. The molecule has 0 amide bonds. The monoisotopic (exact) mass is 109 g/mol. The van der Waals surface area contributed by atoms with E-state index in [4.69, 9.17) is 5.11 Å². The van der Waals surface area contributed by atoms with Crippen molar-refractivity contribution in [2.45, 2.75) is 19.3 Å². The Kier molecular flexibility index (Phi) is 9.67.